The van der Waals surface area contributed by atoms with Gasteiger partial charge in [0, 0.05) is 27.3 Å². The number of rotatable bonds is 6. The van der Waals surface area contributed by atoms with Crippen molar-refractivity contribution in [3.63, 3.8) is 0 Å². The second-order valence-corrected chi connectivity index (χ2v) is 6.75. The van der Waals surface area contributed by atoms with Crippen molar-refractivity contribution in [2.45, 2.75) is 6.42 Å². The molecule has 0 saturated carbocycles. The van der Waals surface area contributed by atoms with Crippen molar-refractivity contribution in [3.8, 4) is 9.75 Å². The first-order valence-electron chi connectivity index (χ1n) is 6.93. The Hall–Kier alpha value is -2.11. The van der Waals surface area contributed by atoms with E-state index in [1.54, 1.807) is 41.1 Å². The van der Waals surface area contributed by atoms with Gasteiger partial charge in [0.05, 0.1) is 6.26 Å². The molecule has 0 aromatic carbocycles. The van der Waals surface area contributed by atoms with Crippen LogP contribution in [0.5, 0.6) is 0 Å². The van der Waals surface area contributed by atoms with E-state index in [1.807, 2.05) is 6.07 Å². The molecule has 0 aliphatic carbocycles. The van der Waals surface area contributed by atoms with E-state index in [-0.39, 0.29) is 5.91 Å². The van der Waals surface area contributed by atoms with Gasteiger partial charge in [0.2, 0.25) is 5.91 Å². The molecule has 0 unspecified atom stereocenters. The summed E-state index contributed by atoms with van der Waals surface area (Å²) in [6.45, 7) is 0.631. The molecule has 0 saturated heterocycles. The fourth-order valence-electron chi connectivity index (χ4n) is 1.98. The summed E-state index contributed by atoms with van der Waals surface area (Å²) in [7, 11) is 0. The maximum absolute atomic E-state index is 11.7. The van der Waals surface area contributed by atoms with Crippen LogP contribution in [0.1, 0.15) is 10.6 Å². The van der Waals surface area contributed by atoms with Crippen LogP contribution in [-0.4, -0.2) is 12.5 Å². The first kappa shape index (κ1) is 14.8. The van der Waals surface area contributed by atoms with Crippen LogP contribution in [0.4, 0.5) is 0 Å². The second kappa shape index (κ2) is 7.24. The van der Waals surface area contributed by atoms with Crippen LogP contribution in [0.3, 0.4) is 0 Å². The molecular formula is C17H15NO2S2. The van der Waals surface area contributed by atoms with Gasteiger partial charge in [-0.05, 0) is 48.2 Å². The highest BCUT2D eigenvalue weighted by Crippen LogP contribution is 2.31. The zero-order chi connectivity index (χ0) is 15.2. The minimum Gasteiger partial charge on any atom is -0.465 e. The summed E-state index contributed by atoms with van der Waals surface area (Å²) in [5.74, 6) is 0.570. The smallest absolute Gasteiger partial charge is 0.244 e. The number of thiophene rings is 2. The van der Waals surface area contributed by atoms with Crippen molar-refractivity contribution in [3.05, 3.63) is 64.8 Å². The van der Waals surface area contributed by atoms with Crippen molar-refractivity contribution in [1.29, 1.82) is 0 Å². The molecule has 0 aliphatic heterocycles. The molecule has 0 fully saturated rings. The van der Waals surface area contributed by atoms with Gasteiger partial charge < -0.3 is 9.73 Å². The molecule has 3 nitrogen and oxygen atoms in total. The van der Waals surface area contributed by atoms with Crippen LogP contribution in [0.25, 0.3) is 15.8 Å². The van der Waals surface area contributed by atoms with E-state index in [0.29, 0.717) is 12.3 Å². The zero-order valence-electron chi connectivity index (χ0n) is 11.8. The molecule has 0 radical (unpaired) electrons. The van der Waals surface area contributed by atoms with Gasteiger partial charge in [0.1, 0.15) is 5.76 Å². The van der Waals surface area contributed by atoms with Crippen molar-refractivity contribution in [2.24, 2.45) is 0 Å². The molecule has 5 heteroatoms. The molecule has 3 aromatic rings. The second-order valence-electron chi connectivity index (χ2n) is 4.63. The lowest BCUT2D eigenvalue weighted by molar-refractivity contribution is -0.116. The normalized spacial score (nSPS) is 11.1. The number of hydrogen-bond acceptors (Lipinski definition) is 4. The highest BCUT2D eigenvalue weighted by molar-refractivity contribution is 7.21. The lowest BCUT2D eigenvalue weighted by atomic mass is 10.3. The molecule has 0 atom stereocenters. The molecule has 0 spiro atoms. The van der Waals surface area contributed by atoms with E-state index in [9.17, 15) is 4.79 Å². The van der Waals surface area contributed by atoms with Crippen LogP contribution in [0.15, 0.2) is 58.5 Å². The van der Waals surface area contributed by atoms with Gasteiger partial charge in [-0.15, -0.1) is 22.7 Å². The standard InChI is InChI=1S/C17H15NO2S2/c19-17(8-5-13-3-1-11-20-13)18-10-9-14-6-7-16(22-14)15-4-2-12-21-15/h1-8,11-12H,9-10H2,(H,18,19). The maximum atomic E-state index is 11.7. The lowest BCUT2D eigenvalue weighted by Gasteiger charge is -1.99. The molecule has 1 amide bonds. The van der Waals surface area contributed by atoms with Crippen molar-refractivity contribution in [2.75, 3.05) is 6.54 Å². The maximum Gasteiger partial charge on any atom is 0.244 e. The van der Waals surface area contributed by atoms with Crippen LogP contribution in [0, 0.1) is 0 Å². The van der Waals surface area contributed by atoms with Gasteiger partial charge >= 0.3 is 0 Å². The predicted octanol–water partition coefficient (Wildman–Crippen LogP) is 4.44. The fraction of sp³-hybridized carbons (Fsp3) is 0.118. The van der Waals surface area contributed by atoms with Gasteiger partial charge in [-0.2, -0.15) is 0 Å². The molecule has 3 heterocycles. The van der Waals surface area contributed by atoms with E-state index in [1.165, 1.54) is 20.7 Å². The third-order valence-corrected chi connectivity index (χ3v) is 5.25. The Morgan fingerprint density at radius 1 is 1.18 bits per heavy atom. The SMILES string of the molecule is O=C(C=Cc1ccco1)NCCc1ccc(-c2cccs2)s1. The summed E-state index contributed by atoms with van der Waals surface area (Å²) < 4.78 is 5.13. The minimum atomic E-state index is -0.105. The van der Waals surface area contributed by atoms with Gasteiger partial charge in [-0.3, -0.25) is 4.79 Å². The quantitative estimate of drug-likeness (QED) is 0.679. The number of carbonyl (C=O) groups is 1. The summed E-state index contributed by atoms with van der Waals surface area (Å²) in [6, 6.07) is 12.1. The summed E-state index contributed by atoms with van der Waals surface area (Å²) in [5.41, 5.74) is 0. The molecule has 3 rings (SSSR count). The minimum absolute atomic E-state index is 0.105. The number of nitrogens with one attached hydrogen (secondary N) is 1. The summed E-state index contributed by atoms with van der Waals surface area (Å²) >= 11 is 3.53. The van der Waals surface area contributed by atoms with Crippen molar-refractivity contribution < 1.29 is 9.21 Å². The van der Waals surface area contributed by atoms with Gasteiger partial charge in [0.25, 0.3) is 0 Å². The lowest BCUT2D eigenvalue weighted by Crippen LogP contribution is -2.23. The zero-order valence-corrected chi connectivity index (χ0v) is 13.5. The van der Waals surface area contributed by atoms with E-state index in [4.69, 9.17) is 4.42 Å². The van der Waals surface area contributed by atoms with E-state index in [2.05, 4.69) is 35.0 Å². The number of hydrogen-bond donors (Lipinski definition) is 1. The average molecular weight is 329 g/mol. The van der Waals surface area contributed by atoms with Crippen LogP contribution in [0.2, 0.25) is 0 Å². The number of furan rings is 1. The fourth-order valence-corrected chi connectivity index (χ4v) is 3.82. The van der Waals surface area contributed by atoms with Gasteiger partial charge in [-0.25, -0.2) is 0 Å². The Morgan fingerprint density at radius 3 is 2.91 bits per heavy atom. The van der Waals surface area contributed by atoms with E-state index >= 15 is 0 Å². The molecule has 0 aliphatic rings. The molecule has 22 heavy (non-hydrogen) atoms. The first-order valence-corrected chi connectivity index (χ1v) is 8.63. The summed E-state index contributed by atoms with van der Waals surface area (Å²) in [5, 5.41) is 4.96. The average Bonchev–Trinajstić information content (AvgIpc) is 3.26. The van der Waals surface area contributed by atoms with Crippen molar-refractivity contribution in [1.82, 2.24) is 5.32 Å². The predicted molar refractivity (Wildman–Crippen MR) is 92.1 cm³/mol. The molecular weight excluding hydrogens is 314 g/mol. The Bertz CT molecular complexity index is 740. The molecule has 1 N–H and O–H groups in total. The van der Waals surface area contributed by atoms with E-state index in [0.717, 1.165) is 6.42 Å². The van der Waals surface area contributed by atoms with Crippen molar-refractivity contribution >= 4 is 34.7 Å². The Balaban J connectivity index is 1.46. The third kappa shape index (κ3) is 3.96. The first-order chi connectivity index (χ1) is 10.8. The summed E-state index contributed by atoms with van der Waals surface area (Å²) in [4.78, 5) is 15.5. The highest BCUT2D eigenvalue weighted by atomic mass is 32.1. The molecule has 112 valence electrons. The Kier molecular flexibility index (Phi) is 4.88. The van der Waals surface area contributed by atoms with Gasteiger partial charge in [0.15, 0.2) is 0 Å². The summed E-state index contributed by atoms with van der Waals surface area (Å²) in [6.07, 6.45) is 5.58. The molecule has 3 aromatic heterocycles. The number of carbonyl (C=O) groups excluding carboxylic acids is 1. The third-order valence-electron chi connectivity index (χ3n) is 3.04. The highest BCUT2D eigenvalue weighted by Gasteiger charge is 2.04. The number of amides is 1. The van der Waals surface area contributed by atoms with Crippen LogP contribution < -0.4 is 5.32 Å². The van der Waals surface area contributed by atoms with Crippen LogP contribution >= 0.6 is 22.7 Å². The van der Waals surface area contributed by atoms with Crippen LogP contribution in [-0.2, 0) is 11.2 Å². The molecule has 0 bridgehead atoms. The Morgan fingerprint density at radius 2 is 2.14 bits per heavy atom. The topological polar surface area (TPSA) is 42.2 Å². The Labute approximate surface area is 136 Å². The van der Waals surface area contributed by atoms with Gasteiger partial charge in [-0.1, -0.05) is 6.07 Å². The monoisotopic (exact) mass is 329 g/mol. The largest absolute Gasteiger partial charge is 0.465 e. The van der Waals surface area contributed by atoms with E-state index < -0.39 is 0 Å².